The molecule has 1 aromatic rings. The van der Waals surface area contributed by atoms with Gasteiger partial charge in [-0.1, -0.05) is 6.07 Å². The average molecular weight is 251 g/mol. The van der Waals surface area contributed by atoms with Crippen LogP contribution in [0.25, 0.3) is 0 Å². The molecular formula is C13H17NO4. The van der Waals surface area contributed by atoms with Gasteiger partial charge in [-0.05, 0) is 32.0 Å². The predicted octanol–water partition coefficient (Wildman–Crippen LogP) is 1.62. The highest BCUT2D eigenvalue weighted by atomic mass is 16.5. The largest absolute Gasteiger partial charge is 0.469 e. The smallest absolute Gasteiger partial charge is 0.338 e. The molecule has 0 aliphatic heterocycles. The second-order valence-electron chi connectivity index (χ2n) is 4.58. The van der Waals surface area contributed by atoms with Gasteiger partial charge >= 0.3 is 11.9 Å². The van der Waals surface area contributed by atoms with Crippen LogP contribution in [0.1, 0.15) is 24.2 Å². The Morgan fingerprint density at radius 2 is 2.00 bits per heavy atom. The molecule has 0 aliphatic carbocycles. The summed E-state index contributed by atoms with van der Waals surface area (Å²) in [5, 5.41) is 0. The summed E-state index contributed by atoms with van der Waals surface area (Å²) in [5.41, 5.74) is 5.54. The fourth-order valence-corrected chi connectivity index (χ4v) is 1.33. The molecule has 5 heteroatoms. The fourth-order valence-electron chi connectivity index (χ4n) is 1.33. The van der Waals surface area contributed by atoms with Crippen molar-refractivity contribution in [2.75, 3.05) is 19.5 Å². The Morgan fingerprint density at radius 3 is 2.56 bits per heavy atom. The molecule has 0 aromatic heterocycles. The molecule has 0 aliphatic rings. The Morgan fingerprint density at radius 1 is 1.33 bits per heavy atom. The lowest BCUT2D eigenvalue weighted by Gasteiger charge is -2.20. The van der Waals surface area contributed by atoms with E-state index in [4.69, 9.17) is 10.5 Å². The molecule has 0 bridgehead atoms. The summed E-state index contributed by atoms with van der Waals surface area (Å²) < 4.78 is 9.70. The zero-order valence-corrected chi connectivity index (χ0v) is 10.7. The molecule has 98 valence electrons. The molecule has 0 atom stereocenters. The summed E-state index contributed by atoms with van der Waals surface area (Å²) in [7, 11) is 1.30. The molecule has 0 saturated heterocycles. The van der Waals surface area contributed by atoms with Gasteiger partial charge in [-0.15, -0.1) is 0 Å². The SMILES string of the molecule is COC(=O)C(C)(C)COC(=O)c1cccc(N)c1. The van der Waals surface area contributed by atoms with Gasteiger partial charge in [0.05, 0.1) is 18.1 Å². The summed E-state index contributed by atoms with van der Waals surface area (Å²) in [6.45, 7) is 3.24. The number of methoxy groups -OCH3 is 1. The maximum Gasteiger partial charge on any atom is 0.338 e. The van der Waals surface area contributed by atoms with Gasteiger partial charge in [-0.3, -0.25) is 4.79 Å². The third-order valence-electron chi connectivity index (χ3n) is 2.42. The maximum absolute atomic E-state index is 11.7. The van der Waals surface area contributed by atoms with E-state index in [1.807, 2.05) is 0 Å². The van der Waals surface area contributed by atoms with Gasteiger partial charge in [0.2, 0.25) is 0 Å². The number of anilines is 1. The van der Waals surface area contributed by atoms with Crippen LogP contribution in [0.4, 0.5) is 5.69 Å². The lowest BCUT2D eigenvalue weighted by atomic mass is 9.95. The number of rotatable bonds is 4. The van der Waals surface area contributed by atoms with Crippen molar-refractivity contribution in [2.45, 2.75) is 13.8 Å². The zero-order valence-electron chi connectivity index (χ0n) is 10.7. The summed E-state index contributed by atoms with van der Waals surface area (Å²) >= 11 is 0. The van der Waals surface area contributed by atoms with Gasteiger partial charge < -0.3 is 15.2 Å². The number of carbonyl (C=O) groups excluding carboxylic acids is 2. The van der Waals surface area contributed by atoms with Gasteiger partial charge in [0.1, 0.15) is 6.61 Å². The molecule has 5 nitrogen and oxygen atoms in total. The molecule has 0 fully saturated rings. The Labute approximate surface area is 106 Å². The van der Waals surface area contributed by atoms with E-state index >= 15 is 0 Å². The quantitative estimate of drug-likeness (QED) is 0.650. The van der Waals surface area contributed by atoms with Gasteiger partial charge in [-0.25, -0.2) is 4.79 Å². The van der Waals surface area contributed by atoms with Crippen LogP contribution in [0.3, 0.4) is 0 Å². The molecule has 0 radical (unpaired) electrons. The number of carbonyl (C=O) groups is 2. The van der Waals surface area contributed by atoms with Crippen LogP contribution in [-0.4, -0.2) is 25.7 Å². The van der Waals surface area contributed by atoms with Crippen LogP contribution in [0.15, 0.2) is 24.3 Å². The molecule has 2 N–H and O–H groups in total. The number of benzene rings is 1. The predicted molar refractivity (Wildman–Crippen MR) is 66.9 cm³/mol. The zero-order chi connectivity index (χ0) is 13.8. The van der Waals surface area contributed by atoms with E-state index in [9.17, 15) is 9.59 Å². The van der Waals surface area contributed by atoms with E-state index < -0.39 is 17.4 Å². The lowest BCUT2D eigenvalue weighted by Crippen LogP contribution is -2.31. The van der Waals surface area contributed by atoms with Crippen molar-refractivity contribution in [1.82, 2.24) is 0 Å². The number of hydrogen-bond donors (Lipinski definition) is 1. The molecule has 0 spiro atoms. The Balaban J connectivity index is 2.64. The van der Waals surface area contributed by atoms with E-state index in [-0.39, 0.29) is 6.61 Å². The van der Waals surface area contributed by atoms with Crippen LogP contribution in [0, 0.1) is 5.41 Å². The van der Waals surface area contributed by atoms with Crippen molar-refractivity contribution in [1.29, 1.82) is 0 Å². The average Bonchev–Trinajstić information content (AvgIpc) is 2.35. The summed E-state index contributed by atoms with van der Waals surface area (Å²) in [6.07, 6.45) is 0. The second kappa shape index (κ2) is 5.53. The molecule has 1 rings (SSSR count). The minimum Gasteiger partial charge on any atom is -0.469 e. The number of hydrogen-bond acceptors (Lipinski definition) is 5. The van der Waals surface area contributed by atoms with E-state index in [0.717, 1.165) is 0 Å². The number of nitrogens with two attached hydrogens (primary N) is 1. The fraction of sp³-hybridized carbons (Fsp3) is 0.385. The van der Waals surface area contributed by atoms with Gasteiger partial charge in [0, 0.05) is 5.69 Å². The normalized spacial score (nSPS) is 10.8. The highest BCUT2D eigenvalue weighted by Gasteiger charge is 2.30. The minimum atomic E-state index is -0.870. The van der Waals surface area contributed by atoms with Crippen molar-refractivity contribution in [3.63, 3.8) is 0 Å². The van der Waals surface area contributed by atoms with Gasteiger partial charge in [0.25, 0.3) is 0 Å². The molecule has 1 aromatic carbocycles. The van der Waals surface area contributed by atoms with E-state index in [1.165, 1.54) is 13.2 Å². The van der Waals surface area contributed by atoms with E-state index in [2.05, 4.69) is 4.74 Å². The van der Waals surface area contributed by atoms with Crippen LogP contribution >= 0.6 is 0 Å². The molecular weight excluding hydrogens is 234 g/mol. The number of nitrogen functional groups attached to an aromatic ring is 1. The van der Waals surface area contributed by atoms with E-state index in [1.54, 1.807) is 32.0 Å². The maximum atomic E-state index is 11.7. The highest BCUT2D eigenvalue weighted by molar-refractivity contribution is 5.90. The molecule has 0 unspecified atom stereocenters. The highest BCUT2D eigenvalue weighted by Crippen LogP contribution is 2.18. The second-order valence-corrected chi connectivity index (χ2v) is 4.58. The van der Waals surface area contributed by atoms with Crippen molar-refractivity contribution < 1.29 is 19.1 Å². The van der Waals surface area contributed by atoms with Crippen LogP contribution < -0.4 is 5.73 Å². The molecule has 0 saturated carbocycles. The van der Waals surface area contributed by atoms with Crippen molar-refractivity contribution in [3.8, 4) is 0 Å². The Kier molecular flexibility index (Phi) is 4.31. The third-order valence-corrected chi connectivity index (χ3v) is 2.42. The lowest BCUT2D eigenvalue weighted by molar-refractivity contribution is -0.152. The summed E-state index contributed by atoms with van der Waals surface area (Å²) in [4.78, 5) is 23.1. The minimum absolute atomic E-state index is 0.0483. The first kappa shape index (κ1) is 14.0. The Hall–Kier alpha value is -2.04. The van der Waals surface area contributed by atoms with E-state index in [0.29, 0.717) is 11.3 Å². The first-order chi connectivity index (χ1) is 8.36. The monoisotopic (exact) mass is 251 g/mol. The Bertz CT molecular complexity index is 454. The van der Waals surface area contributed by atoms with Crippen molar-refractivity contribution in [2.24, 2.45) is 5.41 Å². The van der Waals surface area contributed by atoms with Gasteiger partial charge in [0.15, 0.2) is 0 Å². The molecule has 18 heavy (non-hydrogen) atoms. The van der Waals surface area contributed by atoms with Crippen LogP contribution in [-0.2, 0) is 14.3 Å². The van der Waals surface area contributed by atoms with Crippen molar-refractivity contribution >= 4 is 17.6 Å². The molecule has 0 amide bonds. The summed E-state index contributed by atoms with van der Waals surface area (Å²) in [5.74, 6) is -0.942. The third kappa shape index (κ3) is 3.48. The van der Waals surface area contributed by atoms with Crippen LogP contribution in [0.5, 0.6) is 0 Å². The van der Waals surface area contributed by atoms with Crippen molar-refractivity contribution in [3.05, 3.63) is 29.8 Å². The number of esters is 2. The van der Waals surface area contributed by atoms with Crippen LogP contribution in [0.2, 0.25) is 0 Å². The molecule has 0 heterocycles. The first-order valence-corrected chi connectivity index (χ1v) is 5.48. The van der Waals surface area contributed by atoms with Gasteiger partial charge in [-0.2, -0.15) is 0 Å². The number of ether oxygens (including phenoxy) is 2. The first-order valence-electron chi connectivity index (χ1n) is 5.48. The summed E-state index contributed by atoms with van der Waals surface area (Å²) in [6, 6.07) is 6.46. The standard InChI is InChI=1S/C13H17NO4/c1-13(2,12(16)17-3)8-18-11(15)9-5-4-6-10(14)7-9/h4-7H,8,14H2,1-3H3. The topological polar surface area (TPSA) is 78.6 Å².